The summed E-state index contributed by atoms with van der Waals surface area (Å²) in [6.45, 7) is 2.13. The van der Waals surface area contributed by atoms with Gasteiger partial charge in [-0.2, -0.15) is 0 Å². The molecule has 0 amide bonds. The molecule has 2 aromatic carbocycles. The summed E-state index contributed by atoms with van der Waals surface area (Å²) in [5, 5.41) is 0. The van der Waals surface area contributed by atoms with Crippen molar-refractivity contribution in [1.82, 2.24) is 5.43 Å². The molecule has 3 N–H and O–H groups in total. The molecule has 1 unspecified atom stereocenters. The van der Waals surface area contributed by atoms with E-state index in [0.29, 0.717) is 0 Å². The fourth-order valence-electron chi connectivity index (χ4n) is 2.49. The Balaban J connectivity index is 1.97. The minimum absolute atomic E-state index is 0.205. The van der Waals surface area contributed by atoms with E-state index in [4.69, 9.17) is 5.84 Å². The van der Waals surface area contributed by atoms with E-state index < -0.39 is 0 Å². The van der Waals surface area contributed by atoms with Gasteiger partial charge in [-0.15, -0.1) is 0 Å². The summed E-state index contributed by atoms with van der Waals surface area (Å²) in [5.74, 6) is 5.74. The van der Waals surface area contributed by atoms with Crippen LogP contribution in [-0.4, -0.2) is 0 Å². The number of hydrogen-bond donors (Lipinski definition) is 2. The molecule has 106 valence electrons. The number of benzene rings is 2. The van der Waals surface area contributed by atoms with Crippen LogP contribution in [0.2, 0.25) is 0 Å². The van der Waals surface area contributed by atoms with E-state index in [-0.39, 0.29) is 6.04 Å². The zero-order valence-corrected chi connectivity index (χ0v) is 13.4. The quantitative estimate of drug-likeness (QED) is 0.611. The Kier molecular flexibility index (Phi) is 5.77. The maximum atomic E-state index is 5.74. The van der Waals surface area contributed by atoms with Crippen LogP contribution in [0.15, 0.2) is 53.0 Å². The highest BCUT2D eigenvalue weighted by molar-refractivity contribution is 9.10. The summed E-state index contributed by atoms with van der Waals surface area (Å²) in [5.41, 5.74) is 6.87. The van der Waals surface area contributed by atoms with Crippen LogP contribution in [0.5, 0.6) is 0 Å². The van der Waals surface area contributed by atoms with Gasteiger partial charge in [-0.05, 0) is 48.9 Å². The fourth-order valence-corrected chi connectivity index (χ4v) is 2.87. The lowest BCUT2D eigenvalue weighted by molar-refractivity contribution is 0.496. The van der Waals surface area contributed by atoms with Crippen LogP contribution in [0.3, 0.4) is 0 Å². The Morgan fingerprint density at radius 2 is 1.85 bits per heavy atom. The molecule has 2 nitrogen and oxygen atoms in total. The third-order valence-corrected chi connectivity index (χ3v) is 4.55. The molecule has 0 aromatic heterocycles. The van der Waals surface area contributed by atoms with E-state index in [2.05, 4.69) is 76.8 Å². The zero-order chi connectivity index (χ0) is 14.4. The molecule has 20 heavy (non-hydrogen) atoms. The van der Waals surface area contributed by atoms with Crippen LogP contribution in [0.4, 0.5) is 0 Å². The molecule has 2 rings (SSSR count). The van der Waals surface area contributed by atoms with Crippen molar-refractivity contribution in [2.75, 3.05) is 0 Å². The maximum Gasteiger partial charge on any atom is 0.0463 e. The van der Waals surface area contributed by atoms with E-state index in [0.717, 1.165) is 23.7 Å². The number of aryl methyl sites for hydroxylation is 1. The molecule has 0 fully saturated rings. The molecular weight excluding hydrogens is 312 g/mol. The van der Waals surface area contributed by atoms with Crippen molar-refractivity contribution in [3.8, 4) is 0 Å². The van der Waals surface area contributed by atoms with Crippen LogP contribution < -0.4 is 11.3 Å². The minimum atomic E-state index is 0.205. The molecule has 0 heterocycles. The summed E-state index contributed by atoms with van der Waals surface area (Å²) in [6, 6.07) is 17.1. The van der Waals surface area contributed by atoms with Crippen LogP contribution in [0.25, 0.3) is 0 Å². The molecule has 0 saturated heterocycles. The van der Waals surface area contributed by atoms with Crippen molar-refractivity contribution < 1.29 is 0 Å². The Labute approximate surface area is 129 Å². The van der Waals surface area contributed by atoms with Gasteiger partial charge in [0.05, 0.1) is 0 Å². The number of halogens is 1. The topological polar surface area (TPSA) is 38.0 Å². The van der Waals surface area contributed by atoms with E-state index in [1.165, 1.54) is 16.7 Å². The first-order valence-electron chi connectivity index (χ1n) is 6.97. The number of hydrazine groups is 1. The SMILES string of the molecule is Cc1c(Br)cccc1C(CCCc1ccccc1)NN. The lowest BCUT2D eigenvalue weighted by Gasteiger charge is -2.19. The number of rotatable bonds is 6. The smallest absolute Gasteiger partial charge is 0.0463 e. The summed E-state index contributed by atoms with van der Waals surface area (Å²) >= 11 is 3.58. The monoisotopic (exact) mass is 332 g/mol. The highest BCUT2D eigenvalue weighted by Crippen LogP contribution is 2.27. The zero-order valence-electron chi connectivity index (χ0n) is 11.8. The molecule has 0 aliphatic rings. The second kappa shape index (κ2) is 7.58. The number of nitrogens with one attached hydrogen (secondary N) is 1. The molecule has 0 spiro atoms. The van der Waals surface area contributed by atoms with Gasteiger partial charge in [-0.25, -0.2) is 0 Å². The predicted octanol–water partition coefficient (Wildman–Crippen LogP) is 4.28. The standard InChI is InChI=1S/C17H21BrN2/c1-13-15(10-6-11-16(13)18)17(20-19)12-5-9-14-7-3-2-4-8-14/h2-4,6-8,10-11,17,20H,5,9,12,19H2,1H3. The van der Waals surface area contributed by atoms with Crippen LogP contribution in [-0.2, 0) is 6.42 Å². The molecule has 0 aliphatic heterocycles. The van der Waals surface area contributed by atoms with Crippen LogP contribution >= 0.6 is 15.9 Å². The minimum Gasteiger partial charge on any atom is -0.271 e. The largest absolute Gasteiger partial charge is 0.271 e. The third-order valence-electron chi connectivity index (χ3n) is 3.69. The molecule has 1 atom stereocenters. The van der Waals surface area contributed by atoms with Gasteiger partial charge in [0.2, 0.25) is 0 Å². The summed E-state index contributed by atoms with van der Waals surface area (Å²) < 4.78 is 1.14. The van der Waals surface area contributed by atoms with Gasteiger partial charge < -0.3 is 0 Å². The normalized spacial score (nSPS) is 12.3. The van der Waals surface area contributed by atoms with Gasteiger partial charge >= 0.3 is 0 Å². The van der Waals surface area contributed by atoms with Gasteiger partial charge in [0.25, 0.3) is 0 Å². The third kappa shape index (κ3) is 3.92. The Hall–Kier alpha value is -1.16. The van der Waals surface area contributed by atoms with Gasteiger partial charge in [0.15, 0.2) is 0 Å². The highest BCUT2D eigenvalue weighted by atomic mass is 79.9. The van der Waals surface area contributed by atoms with E-state index >= 15 is 0 Å². The second-order valence-electron chi connectivity index (χ2n) is 5.05. The molecule has 0 radical (unpaired) electrons. The first-order chi connectivity index (χ1) is 9.72. The van der Waals surface area contributed by atoms with E-state index in [1.54, 1.807) is 0 Å². The second-order valence-corrected chi connectivity index (χ2v) is 5.91. The first-order valence-corrected chi connectivity index (χ1v) is 7.76. The van der Waals surface area contributed by atoms with Crippen LogP contribution in [0.1, 0.15) is 35.6 Å². The summed E-state index contributed by atoms with van der Waals surface area (Å²) in [4.78, 5) is 0. The van der Waals surface area contributed by atoms with Crippen molar-refractivity contribution in [2.24, 2.45) is 5.84 Å². The summed E-state index contributed by atoms with van der Waals surface area (Å²) in [7, 11) is 0. The lowest BCUT2D eigenvalue weighted by Crippen LogP contribution is -2.28. The van der Waals surface area contributed by atoms with Crippen molar-refractivity contribution >= 4 is 15.9 Å². The first kappa shape index (κ1) is 15.2. The van der Waals surface area contributed by atoms with Gasteiger partial charge in [0.1, 0.15) is 0 Å². The Morgan fingerprint density at radius 3 is 2.55 bits per heavy atom. The fraction of sp³-hybridized carbons (Fsp3) is 0.294. The van der Waals surface area contributed by atoms with Crippen LogP contribution in [0, 0.1) is 6.92 Å². The molecule has 3 heteroatoms. The molecule has 0 aliphatic carbocycles. The van der Waals surface area contributed by atoms with Crippen molar-refractivity contribution in [3.05, 3.63) is 69.7 Å². The van der Waals surface area contributed by atoms with E-state index in [1.807, 2.05) is 0 Å². The van der Waals surface area contributed by atoms with E-state index in [9.17, 15) is 0 Å². The lowest BCUT2D eigenvalue weighted by atomic mass is 9.96. The average molecular weight is 333 g/mol. The molecule has 0 bridgehead atoms. The average Bonchev–Trinajstić information content (AvgIpc) is 2.48. The molecule has 0 saturated carbocycles. The highest BCUT2D eigenvalue weighted by Gasteiger charge is 2.13. The number of nitrogens with two attached hydrogens (primary N) is 1. The van der Waals surface area contributed by atoms with Crippen molar-refractivity contribution in [3.63, 3.8) is 0 Å². The van der Waals surface area contributed by atoms with Crippen molar-refractivity contribution in [1.29, 1.82) is 0 Å². The Bertz CT molecular complexity index is 540. The number of hydrogen-bond acceptors (Lipinski definition) is 2. The van der Waals surface area contributed by atoms with Gasteiger partial charge in [0, 0.05) is 10.5 Å². The van der Waals surface area contributed by atoms with Gasteiger partial charge in [-0.1, -0.05) is 58.4 Å². The van der Waals surface area contributed by atoms with Gasteiger partial charge in [-0.3, -0.25) is 11.3 Å². The molecule has 2 aromatic rings. The van der Waals surface area contributed by atoms with Crippen molar-refractivity contribution in [2.45, 2.75) is 32.2 Å². The molecular formula is C17H21BrN2. The Morgan fingerprint density at radius 1 is 1.10 bits per heavy atom. The maximum absolute atomic E-state index is 5.74. The summed E-state index contributed by atoms with van der Waals surface area (Å²) in [6.07, 6.45) is 3.24. The predicted molar refractivity (Wildman–Crippen MR) is 88.3 cm³/mol.